The summed E-state index contributed by atoms with van der Waals surface area (Å²) in [6.07, 6.45) is 0.995. The SMILES string of the molecule is N#CCCCCNC(=O)O. The molecule has 0 aliphatic heterocycles. The van der Waals surface area contributed by atoms with Gasteiger partial charge in [0.25, 0.3) is 0 Å². The third kappa shape index (κ3) is 6.76. The Kier molecular flexibility index (Phi) is 5.16. The molecule has 2 N–H and O–H groups in total. The Labute approximate surface area is 59.5 Å². The fraction of sp³-hybridized carbons (Fsp3) is 0.667. The van der Waals surface area contributed by atoms with Gasteiger partial charge in [0.15, 0.2) is 0 Å². The van der Waals surface area contributed by atoms with Crippen LogP contribution in [0.4, 0.5) is 4.79 Å². The Bertz CT molecular complexity index is 139. The van der Waals surface area contributed by atoms with E-state index in [-0.39, 0.29) is 0 Å². The van der Waals surface area contributed by atoms with Gasteiger partial charge in [-0.05, 0) is 12.8 Å². The molecule has 0 aliphatic rings. The molecule has 0 spiro atoms. The van der Waals surface area contributed by atoms with E-state index < -0.39 is 6.09 Å². The zero-order valence-electron chi connectivity index (χ0n) is 5.63. The van der Waals surface area contributed by atoms with E-state index in [0.717, 1.165) is 12.8 Å². The molecule has 0 aromatic heterocycles. The summed E-state index contributed by atoms with van der Waals surface area (Å²) in [6.45, 7) is 0.441. The number of nitrogens with zero attached hydrogens (tertiary/aromatic N) is 1. The van der Waals surface area contributed by atoms with E-state index in [1.165, 1.54) is 0 Å². The molecule has 0 unspecified atom stereocenters. The maximum Gasteiger partial charge on any atom is 0.404 e. The van der Waals surface area contributed by atoms with Gasteiger partial charge in [0.05, 0.1) is 6.07 Å². The van der Waals surface area contributed by atoms with Crippen molar-refractivity contribution in [1.29, 1.82) is 5.26 Å². The molecule has 10 heavy (non-hydrogen) atoms. The molecule has 0 saturated carbocycles. The van der Waals surface area contributed by atoms with Crippen LogP contribution in [0.5, 0.6) is 0 Å². The summed E-state index contributed by atoms with van der Waals surface area (Å²) >= 11 is 0. The molecular formula is C6H10N2O2. The smallest absolute Gasteiger partial charge is 0.404 e. The fourth-order valence-electron chi connectivity index (χ4n) is 0.524. The van der Waals surface area contributed by atoms with Gasteiger partial charge in [0, 0.05) is 13.0 Å². The molecule has 1 amide bonds. The van der Waals surface area contributed by atoms with Crippen LogP contribution in [-0.4, -0.2) is 17.7 Å². The summed E-state index contributed by atoms with van der Waals surface area (Å²) in [7, 11) is 0. The Balaban J connectivity index is 2.92. The molecule has 0 fully saturated rings. The minimum atomic E-state index is -1.00. The predicted molar refractivity (Wildman–Crippen MR) is 35.5 cm³/mol. The molecule has 4 heteroatoms. The lowest BCUT2D eigenvalue weighted by Crippen LogP contribution is -2.21. The van der Waals surface area contributed by atoms with E-state index in [2.05, 4.69) is 5.32 Å². The standard InChI is InChI=1S/C6H10N2O2/c7-4-2-1-3-5-8-6(9)10/h8H,1-3,5H2,(H,9,10). The molecule has 0 bridgehead atoms. The molecule has 0 aromatic carbocycles. The van der Waals surface area contributed by atoms with Gasteiger partial charge in [-0.25, -0.2) is 4.79 Å². The maximum atomic E-state index is 9.86. The summed E-state index contributed by atoms with van der Waals surface area (Å²) in [5.74, 6) is 0. The summed E-state index contributed by atoms with van der Waals surface area (Å²) in [5, 5.41) is 18.4. The highest BCUT2D eigenvalue weighted by Crippen LogP contribution is 1.90. The van der Waals surface area contributed by atoms with Crippen LogP contribution < -0.4 is 5.32 Å². The molecule has 0 radical (unpaired) electrons. The van der Waals surface area contributed by atoms with Crippen molar-refractivity contribution in [2.24, 2.45) is 0 Å². The number of hydrogen-bond acceptors (Lipinski definition) is 2. The second kappa shape index (κ2) is 5.89. The van der Waals surface area contributed by atoms with Crippen molar-refractivity contribution in [2.45, 2.75) is 19.3 Å². The quantitative estimate of drug-likeness (QED) is 0.574. The second-order valence-corrected chi connectivity index (χ2v) is 1.85. The highest BCUT2D eigenvalue weighted by Gasteiger charge is 1.91. The van der Waals surface area contributed by atoms with E-state index in [1.807, 2.05) is 6.07 Å². The number of nitriles is 1. The van der Waals surface area contributed by atoms with Crippen molar-refractivity contribution >= 4 is 6.09 Å². The third-order valence-electron chi connectivity index (χ3n) is 0.992. The van der Waals surface area contributed by atoms with Crippen LogP contribution in [0.15, 0.2) is 0 Å². The maximum absolute atomic E-state index is 9.86. The number of carbonyl (C=O) groups is 1. The van der Waals surface area contributed by atoms with Gasteiger partial charge in [0.2, 0.25) is 0 Å². The Morgan fingerprint density at radius 3 is 2.80 bits per heavy atom. The van der Waals surface area contributed by atoms with Crippen LogP contribution in [0.1, 0.15) is 19.3 Å². The van der Waals surface area contributed by atoms with Crippen molar-refractivity contribution in [3.63, 3.8) is 0 Å². The average Bonchev–Trinajstić information content (AvgIpc) is 1.87. The van der Waals surface area contributed by atoms with Crippen LogP contribution in [-0.2, 0) is 0 Å². The molecular weight excluding hydrogens is 132 g/mol. The molecule has 0 rings (SSSR count). The molecule has 0 aromatic rings. The highest BCUT2D eigenvalue weighted by atomic mass is 16.4. The lowest BCUT2D eigenvalue weighted by molar-refractivity contribution is 0.194. The van der Waals surface area contributed by atoms with Gasteiger partial charge in [-0.15, -0.1) is 0 Å². The van der Waals surface area contributed by atoms with Crippen LogP contribution >= 0.6 is 0 Å². The minimum absolute atomic E-state index is 0.441. The van der Waals surface area contributed by atoms with Crippen LogP contribution in [0.2, 0.25) is 0 Å². The lowest BCUT2D eigenvalue weighted by Gasteiger charge is -1.96. The molecule has 0 atom stereocenters. The van der Waals surface area contributed by atoms with E-state index in [0.29, 0.717) is 13.0 Å². The number of carboxylic acid groups (broad SMARTS) is 1. The average molecular weight is 142 g/mol. The predicted octanol–water partition coefficient (Wildman–Crippen LogP) is 0.948. The first kappa shape index (κ1) is 8.76. The topological polar surface area (TPSA) is 73.1 Å². The molecule has 4 nitrogen and oxygen atoms in total. The van der Waals surface area contributed by atoms with Gasteiger partial charge < -0.3 is 10.4 Å². The first-order valence-electron chi connectivity index (χ1n) is 3.11. The summed E-state index contributed by atoms with van der Waals surface area (Å²) in [5.41, 5.74) is 0. The van der Waals surface area contributed by atoms with Gasteiger partial charge in [-0.3, -0.25) is 0 Å². The number of amides is 1. The van der Waals surface area contributed by atoms with Gasteiger partial charge in [-0.1, -0.05) is 0 Å². The first-order chi connectivity index (χ1) is 4.77. The summed E-state index contributed by atoms with van der Waals surface area (Å²) < 4.78 is 0. The second-order valence-electron chi connectivity index (χ2n) is 1.85. The molecule has 0 heterocycles. The zero-order chi connectivity index (χ0) is 7.82. The van der Waals surface area contributed by atoms with E-state index in [1.54, 1.807) is 0 Å². The number of hydrogen-bond donors (Lipinski definition) is 2. The largest absolute Gasteiger partial charge is 0.465 e. The van der Waals surface area contributed by atoms with Crippen LogP contribution in [0, 0.1) is 11.3 Å². The normalized spacial score (nSPS) is 8.30. The van der Waals surface area contributed by atoms with Crippen molar-refractivity contribution in [1.82, 2.24) is 5.32 Å². The highest BCUT2D eigenvalue weighted by molar-refractivity contribution is 5.64. The van der Waals surface area contributed by atoms with Gasteiger partial charge in [-0.2, -0.15) is 5.26 Å². The molecule has 0 saturated heterocycles. The summed E-state index contributed by atoms with van der Waals surface area (Å²) in [4.78, 5) is 9.86. The van der Waals surface area contributed by atoms with Crippen LogP contribution in [0.3, 0.4) is 0 Å². The van der Waals surface area contributed by atoms with E-state index >= 15 is 0 Å². The van der Waals surface area contributed by atoms with Crippen molar-refractivity contribution in [3.8, 4) is 6.07 Å². The van der Waals surface area contributed by atoms with Crippen molar-refractivity contribution in [3.05, 3.63) is 0 Å². The van der Waals surface area contributed by atoms with Gasteiger partial charge in [0.1, 0.15) is 0 Å². The number of unbranched alkanes of at least 4 members (excludes halogenated alkanes) is 2. The number of rotatable bonds is 4. The number of nitrogens with one attached hydrogen (secondary N) is 1. The Morgan fingerprint density at radius 2 is 2.30 bits per heavy atom. The van der Waals surface area contributed by atoms with Crippen LogP contribution in [0.25, 0.3) is 0 Å². The Morgan fingerprint density at radius 1 is 1.60 bits per heavy atom. The molecule has 0 aliphatic carbocycles. The molecule has 56 valence electrons. The minimum Gasteiger partial charge on any atom is -0.465 e. The lowest BCUT2D eigenvalue weighted by atomic mass is 10.2. The summed E-state index contributed by atoms with van der Waals surface area (Å²) in [6, 6.07) is 1.98. The zero-order valence-corrected chi connectivity index (χ0v) is 5.63. The van der Waals surface area contributed by atoms with Crippen molar-refractivity contribution < 1.29 is 9.90 Å². The first-order valence-corrected chi connectivity index (χ1v) is 3.11. The van der Waals surface area contributed by atoms with E-state index in [4.69, 9.17) is 10.4 Å². The third-order valence-corrected chi connectivity index (χ3v) is 0.992. The van der Waals surface area contributed by atoms with Crippen molar-refractivity contribution in [2.75, 3.05) is 6.54 Å². The monoisotopic (exact) mass is 142 g/mol. The van der Waals surface area contributed by atoms with E-state index in [9.17, 15) is 4.79 Å². The van der Waals surface area contributed by atoms with Gasteiger partial charge >= 0.3 is 6.09 Å². The Hall–Kier alpha value is -1.24. The fourth-order valence-corrected chi connectivity index (χ4v) is 0.524.